The van der Waals surface area contributed by atoms with Crippen molar-refractivity contribution in [3.8, 4) is 0 Å². The largest absolute Gasteiger partial charge is 0.480 e. The first-order valence-electron chi connectivity index (χ1n) is 6.07. The number of aliphatic carboxylic acids is 1. The van der Waals surface area contributed by atoms with Gasteiger partial charge in [0.25, 0.3) is 0 Å². The van der Waals surface area contributed by atoms with E-state index in [0.717, 1.165) is 0 Å². The smallest absolute Gasteiger partial charge is 0.421 e. The molecule has 0 bridgehead atoms. The molecule has 0 aliphatic heterocycles. The summed E-state index contributed by atoms with van der Waals surface area (Å²) in [6.45, 7) is 3.14. The Morgan fingerprint density at radius 2 is 1.71 bits per heavy atom. The monoisotopic (exact) mass is 326 g/mol. The molecule has 3 N–H and O–H groups in total. The summed E-state index contributed by atoms with van der Waals surface area (Å²) in [6, 6.07) is -1.58. The van der Waals surface area contributed by atoms with Crippen LogP contribution in [-0.4, -0.2) is 50.8 Å². The van der Waals surface area contributed by atoms with Gasteiger partial charge in [-0.2, -0.15) is 13.1 Å². The van der Waals surface area contributed by atoms with Gasteiger partial charge in [-0.3, -0.25) is 9.59 Å². The van der Waals surface area contributed by atoms with Crippen LogP contribution in [0.1, 0.15) is 26.7 Å². The zero-order valence-electron chi connectivity index (χ0n) is 11.6. The highest BCUT2D eigenvalue weighted by Crippen LogP contribution is 2.01. The second kappa shape index (κ2) is 9.13. The van der Waals surface area contributed by atoms with Crippen molar-refractivity contribution in [1.82, 2.24) is 9.44 Å². The number of rotatable bonds is 9. The van der Waals surface area contributed by atoms with Crippen molar-refractivity contribution in [3.05, 3.63) is 0 Å². The summed E-state index contributed by atoms with van der Waals surface area (Å²) < 4.78 is 35.2. The lowest BCUT2D eigenvalue weighted by atomic mass is 10.2. The summed E-state index contributed by atoms with van der Waals surface area (Å²) >= 11 is 0. The van der Waals surface area contributed by atoms with Gasteiger partial charge in [-0.05, 0) is 20.3 Å². The number of carboxylic acid groups (broad SMARTS) is 1. The first kappa shape index (κ1) is 19.1. The van der Waals surface area contributed by atoms with Crippen LogP contribution in [0.15, 0.2) is 0 Å². The fourth-order valence-electron chi connectivity index (χ4n) is 1.22. The summed E-state index contributed by atoms with van der Waals surface area (Å²) in [6.07, 6.45) is -1.84. The first-order chi connectivity index (χ1) is 9.71. The Bertz CT molecular complexity index is 475. The lowest BCUT2D eigenvalue weighted by molar-refractivity contribution is -0.144. The lowest BCUT2D eigenvalue weighted by Crippen LogP contribution is -2.48. The topological polar surface area (TPSA) is 148 Å². The maximum Gasteiger partial charge on any atom is 0.421 e. The predicted molar refractivity (Wildman–Crippen MR) is 69.5 cm³/mol. The molecule has 11 heteroatoms. The van der Waals surface area contributed by atoms with Crippen molar-refractivity contribution in [2.24, 2.45) is 0 Å². The maximum atomic E-state index is 11.5. The summed E-state index contributed by atoms with van der Waals surface area (Å²) in [5.74, 6) is -2.14. The molecule has 0 aromatic heterocycles. The highest BCUT2D eigenvalue weighted by Gasteiger charge is 2.26. The SMILES string of the molecule is CCOC(=O)CC[C@H](NS(=O)(=O)NC(=O)OCC)C(=O)O. The fraction of sp³-hybridized carbons (Fsp3) is 0.700. The summed E-state index contributed by atoms with van der Waals surface area (Å²) in [5.41, 5.74) is 0. The third kappa shape index (κ3) is 8.81. The number of hydrogen-bond donors (Lipinski definition) is 3. The molecule has 0 heterocycles. The molecule has 0 aliphatic carbocycles. The van der Waals surface area contributed by atoms with Crippen molar-refractivity contribution >= 4 is 28.2 Å². The summed E-state index contributed by atoms with van der Waals surface area (Å²) in [4.78, 5) is 33.0. The van der Waals surface area contributed by atoms with Crippen molar-refractivity contribution < 1.29 is 37.4 Å². The molecule has 0 spiro atoms. The number of ether oxygens (including phenoxy) is 2. The number of nitrogens with one attached hydrogen (secondary N) is 2. The molecule has 10 nitrogen and oxygen atoms in total. The highest BCUT2D eigenvalue weighted by atomic mass is 32.2. The van der Waals surface area contributed by atoms with Crippen molar-refractivity contribution in [1.29, 1.82) is 0 Å². The van der Waals surface area contributed by atoms with Crippen LogP contribution in [0.25, 0.3) is 0 Å². The molecular formula is C10H18N2O8S. The van der Waals surface area contributed by atoms with E-state index in [-0.39, 0.29) is 26.1 Å². The van der Waals surface area contributed by atoms with E-state index in [4.69, 9.17) is 5.11 Å². The van der Waals surface area contributed by atoms with Gasteiger partial charge < -0.3 is 14.6 Å². The molecule has 0 saturated carbocycles. The Morgan fingerprint density at radius 1 is 1.14 bits per heavy atom. The minimum Gasteiger partial charge on any atom is -0.480 e. The van der Waals surface area contributed by atoms with Crippen LogP contribution in [0.5, 0.6) is 0 Å². The molecule has 0 aromatic rings. The average Bonchev–Trinajstić information content (AvgIpc) is 2.33. The van der Waals surface area contributed by atoms with Crippen LogP contribution in [0, 0.1) is 0 Å². The summed E-state index contributed by atoms with van der Waals surface area (Å²) in [7, 11) is -4.41. The van der Waals surface area contributed by atoms with Crippen molar-refractivity contribution in [2.45, 2.75) is 32.7 Å². The van der Waals surface area contributed by atoms with Crippen LogP contribution in [0.3, 0.4) is 0 Å². The van der Waals surface area contributed by atoms with Gasteiger partial charge >= 0.3 is 28.2 Å². The Balaban J connectivity index is 4.58. The molecular weight excluding hydrogens is 308 g/mol. The third-order valence-electron chi connectivity index (χ3n) is 2.03. The van der Waals surface area contributed by atoms with Gasteiger partial charge in [0, 0.05) is 6.42 Å². The van der Waals surface area contributed by atoms with Crippen molar-refractivity contribution in [2.75, 3.05) is 13.2 Å². The lowest BCUT2D eigenvalue weighted by Gasteiger charge is -2.14. The maximum absolute atomic E-state index is 11.5. The fourth-order valence-corrected chi connectivity index (χ4v) is 2.15. The van der Waals surface area contributed by atoms with Crippen LogP contribution in [-0.2, 0) is 29.3 Å². The van der Waals surface area contributed by atoms with Gasteiger partial charge in [0.2, 0.25) is 0 Å². The molecule has 1 amide bonds. The molecule has 0 aliphatic rings. The van der Waals surface area contributed by atoms with Gasteiger partial charge in [0.1, 0.15) is 6.04 Å². The van der Waals surface area contributed by atoms with Crippen molar-refractivity contribution in [3.63, 3.8) is 0 Å². The number of hydrogen-bond acceptors (Lipinski definition) is 7. The van der Waals surface area contributed by atoms with Crippen LogP contribution in [0.4, 0.5) is 4.79 Å². The van der Waals surface area contributed by atoms with E-state index in [9.17, 15) is 22.8 Å². The molecule has 0 unspecified atom stereocenters. The zero-order chi connectivity index (χ0) is 16.5. The van der Waals surface area contributed by atoms with Gasteiger partial charge in [-0.25, -0.2) is 9.52 Å². The van der Waals surface area contributed by atoms with E-state index in [1.54, 1.807) is 11.6 Å². The Labute approximate surface area is 122 Å². The molecule has 0 rings (SSSR count). The number of carbonyl (C=O) groups excluding carboxylic acids is 2. The third-order valence-corrected chi connectivity index (χ3v) is 3.06. The second-order valence-corrected chi connectivity index (χ2v) is 5.13. The Morgan fingerprint density at radius 3 is 2.19 bits per heavy atom. The molecule has 0 saturated heterocycles. The van der Waals surface area contributed by atoms with Gasteiger partial charge in [-0.1, -0.05) is 0 Å². The second-order valence-electron chi connectivity index (χ2n) is 3.68. The normalized spacial score (nSPS) is 12.3. The van der Waals surface area contributed by atoms with E-state index in [1.165, 1.54) is 11.6 Å². The Kier molecular flexibility index (Phi) is 8.31. The predicted octanol–water partition coefficient (Wildman–Crippen LogP) is -0.637. The summed E-state index contributed by atoms with van der Waals surface area (Å²) in [5, 5.41) is 8.89. The van der Waals surface area contributed by atoms with E-state index in [2.05, 4.69) is 9.47 Å². The van der Waals surface area contributed by atoms with E-state index in [0.29, 0.717) is 0 Å². The van der Waals surface area contributed by atoms with Gasteiger partial charge in [0.15, 0.2) is 0 Å². The molecule has 0 aromatic carbocycles. The quantitative estimate of drug-likeness (QED) is 0.474. The molecule has 0 radical (unpaired) electrons. The number of carboxylic acids is 1. The van der Waals surface area contributed by atoms with Crippen LogP contribution >= 0.6 is 0 Å². The molecule has 0 fully saturated rings. The minimum absolute atomic E-state index is 0.0490. The van der Waals surface area contributed by atoms with Crippen LogP contribution in [0.2, 0.25) is 0 Å². The Hall–Kier alpha value is -1.88. The number of carbonyl (C=O) groups is 3. The molecule has 21 heavy (non-hydrogen) atoms. The average molecular weight is 326 g/mol. The molecule has 122 valence electrons. The van der Waals surface area contributed by atoms with E-state index >= 15 is 0 Å². The highest BCUT2D eigenvalue weighted by molar-refractivity contribution is 7.88. The first-order valence-corrected chi connectivity index (χ1v) is 7.55. The van der Waals surface area contributed by atoms with Gasteiger partial charge in [0.05, 0.1) is 13.2 Å². The minimum atomic E-state index is -4.41. The van der Waals surface area contributed by atoms with E-state index < -0.39 is 34.3 Å². The van der Waals surface area contributed by atoms with Gasteiger partial charge in [-0.15, -0.1) is 0 Å². The number of amides is 1. The zero-order valence-corrected chi connectivity index (χ0v) is 12.4. The van der Waals surface area contributed by atoms with E-state index in [1.807, 2.05) is 0 Å². The number of esters is 1. The van der Waals surface area contributed by atoms with Crippen LogP contribution < -0.4 is 9.44 Å². The molecule has 1 atom stereocenters. The standard InChI is InChI=1S/C10H18N2O8S/c1-3-19-8(13)6-5-7(9(14)15)11-21(17,18)12-10(16)20-4-2/h7,11H,3-6H2,1-2H3,(H,12,16)(H,14,15)/t7-/m0/s1.